The van der Waals surface area contributed by atoms with Gasteiger partial charge in [-0.15, -0.1) is 0 Å². The van der Waals surface area contributed by atoms with E-state index in [4.69, 9.17) is 5.73 Å². The van der Waals surface area contributed by atoms with Gasteiger partial charge >= 0.3 is 0 Å². The second-order valence-electron chi connectivity index (χ2n) is 6.70. The Hall–Kier alpha value is -0.820. The molecule has 0 radical (unpaired) electrons. The lowest BCUT2D eigenvalue weighted by molar-refractivity contribution is 0.378. The molecule has 0 heterocycles. The van der Waals surface area contributed by atoms with E-state index in [1.807, 2.05) is 0 Å². The van der Waals surface area contributed by atoms with Crippen LogP contribution in [0, 0.1) is 5.92 Å². The Bertz CT molecular complexity index is 377. The highest BCUT2D eigenvalue weighted by Crippen LogP contribution is 2.30. The molecule has 1 aromatic rings. The van der Waals surface area contributed by atoms with Crippen LogP contribution < -0.4 is 5.73 Å². The fourth-order valence-electron chi connectivity index (χ4n) is 2.74. The van der Waals surface area contributed by atoms with Crippen molar-refractivity contribution in [3.05, 3.63) is 35.4 Å². The molecule has 0 saturated heterocycles. The first-order valence-corrected chi connectivity index (χ1v) is 8.32. The number of rotatable bonds is 8. The zero-order valence-corrected chi connectivity index (χ0v) is 14.1. The number of nitrogens with two attached hydrogens (primary N) is 1. The molecule has 20 heavy (non-hydrogen) atoms. The molecule has 0 aliphatic carbocycles. The molecule has 2 N–H and O–H groups in total. The van der Waals surface area contributed by atoms with Crippen molar-refractivity contribution in [2.24, 2.45) is 11.7 Å². The van der Waals surface area contributed by atoms with E-state index in [2.05, 4.69) is 58.9 Å². The summed E-state index contributed by atoms with van der Waals surface area (Å²) < 4.78 is 0. The smallest absolute Gasteiger partial charge is 0.0323 e. The molecule has 2 unspecified atom stereocenters. The molecule has 0 amide bonds. The van der Waals surface area contributed by atoms with Gasteiger partial charge < -0.3 is 5.73 Å². The lowest BCUT2D eigenvalue weighted by atomic mass is 9.81. The van der Waals surface area contributed by atoms with Crippen LogP contribution >= 0.6 is 0 Å². The topological polar surface area (TPSA) is 26.0 Å². The molecule has 0 bridgehead atoms. The highest BCUT2D eigenvalue weighted by atomic mass is 14.6. The first kappa shape index (κ1) is 17.2. The van der Waals surface area contributed by atoms with Gasteiger partial charge in [0.2, 0.25) is 0 Å². The summed E-state index contributed by atoms with van der Waals surface area (Å²) in [6, 6.07) is 9.21. The summed E-state index contributed by atoms with van der Waals surface area (Å²) in [5.41, 5.74) is 9.45. The Morgan fingerprint density at radius 1 is 1.05 bits per heavy atom. The predicted molar refractivity (Wildman–Crippen MR) is 90.0 cm³/mol. The van der Waals surface area contributed by atoms with Crippen LogP contribution in [-0.2, 0) is 5.41 Å². The number of hydrogen-bond acceptors (Lipinski definition) is 1. The van der Waals surface area contributed by atoms with Crippen molar-refractivity contribution in [2.75, 3.05) is 0 Å². The summed E-state index contributed by atoms with van der Waals surface area (Å²) in [6.45, 7) is 11.4. The Balaban J connectivity index is 2.81. The second kappa shape index (κ2) is 7.83. The van der Waals surface area contributed by atoms with Gasteiger partial charge in [0.1, 0.15) is 0 Å². The minimum atomic E-state index is 0.185. The summed E-state index contributed by atoms with van der Waals surface area (Å²) in [7, 11) is 0. The molecule has 1 heteroatoms. The monoisotopic (exact) mass is 275 g/mol. The van der Waals surface area contributed by atoms with Crippen LogP contribution in [0.4, 0.5) is 0 Å². The molecule has 0 aliphatic rings. The number of hydrogen-bond donors (Lipinski definition) is 1. The van der Waals surface area contributed by atoms with Gasteiger partial charge in [0.05, 0.1) is 0 Å². The van der Waals surface area contributed by atoms with Crippen LogP contribution in [-0.4, -0.2) is 0 Å². The van der Waals surface area contributed by atoms with Crippen LogP contribution in [0.2, 0.25) is 0 Å². The minimum absolute atomic E-state index is 0.185. The van der Waals surface area contributed by atoms with Crippen molar-refractivity contribution in [3.8, 4) is 0 Å². The van der Waals surface area contributed by atoms with Gasteiger partial charge in [-0.2, -0.15) is 0 Å². The molecule has 1 rings (SSSR count). The zero-order chi connectivity index (χ0) is 15.2. The third-order valence-electron chi connectivity index (χ3n) is 4.92. The SMILES string of the molecule is CCCCC(CC)C(N)c1ccc(C(C)(C)CC)cc1. The molecule has 0 fully saturated rings. The molecular weight excluding hydrogens is 242 g/mol. The molecule has 114 valence electrons. The average molecular weight is 275 g/mol. The Kier molecular flexibility index (Phi) is 6.75. The predicted octanol–water partition coefficient (Wildman–Crippen LogP) is 5.59. The van der Waals surface area contributed by atoms with Crippen molar-refractivity contribution >= 4 is 0 Å². The summed E-state index contributed by atoms with van der Waals surface area (Å²) in [5, 5.41) is 0. The minimum Gasteiger partial charge on any atom is -0.324 e. The molecule has 0 aliphatic heterocycles. The van der Waals surface area contributed by atoms with E-state index in [1.165, 1.54) is 36.8 Å². The summed E-state index contributed by atoms with van der Waals surface area (Å²) in [5.74, 6) is 0.611. The fourth-order valence-corrected chi connectivity index (χ4v) is 2.74. The third-order valence-corrected chi connectivity index (χ3v) is 4.92. The summed E-state index contributed by atoms with van der Waals surface area (Å²) in [4.78, 5) is 0. The number of benzene rings is 1. The lowest BCUT2D eigenvalue weighted by Gasteiger charge is -2.26. The van der Waals surface area contributed by atoms with Crippen molar-refractivity contribution < 1.29 is 0 Å². The van der Waals surface area contributed by atoms with Crippen LogP contribution in [0.5, 0.6) is 0 Å². The van der Waals surface area contributed by atoms with Crippen LogP contribution in [0.3, 0.4) is 0 Å². The normalized spacial score (nSPS) is 15.1. The van der Waals surface area contributed by atoms with Gasteiger partial charge in [0, 0.05) is 6.04 Å². The molecular formula is C19H33N. The van der Waals surface area contributed by atoms with E-state index in [-0.39, 0.29) is 11.5 Å². The molecule has 1 nitrogen and oxygen atoms in total. The van der Waals surface area contributed by atoms with Gasteiger partial charge in [-0.05, 0) is 35.3 Å². The highest BCUT2D eigenvalue weighted by Gasteiger charge is 2.20. The Morgan fingerprint density at radius 2 is 1.65 bits per heavy atom. The summed E-state index contributed by atoms with van der Waals surface area (Å²) in [6.07, 6.45) is 6.12. The molecule has 2 atom stereocenters. The zero-order valence-electron chi connectivity index (χ0n) is 14.1. The van der Waals surface area contributed by atoms with Crippen molar-refractivity contribution in [1.82, 2.24) is 0 Å². The average Bonchev–Trinajstić information content (AvgIpc) is 2.48. The molecule has 1 aromatic carbocycles. The van der Waals surface area contributed by atoms with E-state index in [1.54, 1.807) is 0 Å². The summed E-state index contributed by atoms with van der Waals surface area (Å²) >= 11 is 0. The molecule has 0 saturated carbocycles. The van der Waals surface area contributed by atoms with E-state index in [9.17, 15) is 0 Å². The maximum Gasteiger partial charge on any atom is 0.0323 e. The van der Waals surface area contributed by atoms with Gasteiger partial charge in [-0.25, -0.2) is 0 Å². The standard InChI is InChI=1S/C19H33N/c1-6-9-10-15(7-2)18(20)16-11-13-17(14-12-16)19(4,5)8-3/h11-15,18H,6-10,20H2,1-5H3. The van der Waals surface area contributed by atoms with Crippen molar-refractivity contribution in [1.29, 1.82) is 0 Å². The van der Waals surface area contributed by atoms with E-state index >= 15 is 0 Å². The van der Waals surface area contributed by atoms with E-state index < -0.39 is 0 Å². The van der Waals surface area contributed by atoms with Crippen LogP contribution in [0.1, 0.15) is 83.9 Å². The van der Waals surface area contributed by atoms with E-state index in [0.29, 0.717) is 5.92 Å². The van der Waals surface area contributed by atoms with E-state index in [0.717, 1.165) is 6.42 Å². The van der Waals surface area contributed by atoms with Crippen LogP contribution in [0.15, 0.2) is 24.3 Å². The quantitative estimate of drug-likeness (QED) is 0.657. The van der Waals surface area contributed by atoms with Gasteiger partial charge in [-0.3, -0.25) is 0 Å². The van der Waals surface area contributed by atoms with Crippen molar-refractivity contribution in [2.45, 2.75) is 78.2 Å². The number of unbranched alkanes of at least 4 members (excludes halogenated alkanes) is 1. The Labute approximate surface area is 126 Å². The molecule has 0 aromatic heterocycles. The Morgan fingerprint density at radius 3 is 2.10 bits per heavy atom. The third kappa shape index (κ3) is 4.34. The van der Waals surface area contributed by atoms with Crippen LogP contribution in [0.25, 0.3) is 0 Å². The van der Waals surface area contributed by atoms with Gasteiger partial charge in [0.15, 0.2) is 0 Å². The highest BCUT2D eigenvalue weighted by molar-refractivity contribution is 5.29. The first-order valence-electron chi connectivity index (χ1n) is 8.32. The fraction of sp³-hybridized carbons (Fsp3) is 0.684. The maximum atomic E-state index is 6.48. The first-order chi connectivity index (χ1) is 9.46. The van der Waals surface area contributed by atoms with Gasteiger partial charge in [0.25, 0.3) is 0 Å². The maximum absolute atomic E-state index is 6.48. The van der Waals surface area contributed by atoms with Gasteiger partial charge in [-0.1, -0.05) is 78.1 Å². The lowest BCUT2D eigenvalue weighted by Crippen LogP contribution is -2.21. The second-order valence-corrected chi connectivity index (χ2v) is 6.70. The largest absolute Gasteiger partial charge is 0.324 e. The molecule has 0 spiro atoms. The van der Waals surface area contributed by atoms with Crippen molar-refractivity contribution in [3.63, 3.8) is 0 Å².